The lowest BCUT2D eigenvalue weighted by Crippen LogP contribution is -2.44. The van der Waals surface area contributed by atoms with Gasteiger partial charge in [-0.15, -0.1) is 0 Å². The SMILES string of the molecule is CC(C)(C)OC(=O)CC1(F)CCN(c2cccc(NCC3CCC(=O)NC3=O)c2)CC1. The van der Waals surface area contributed by atoms with Crippen molar-refractivity contribution >= 4 is 29.2 Å². The van der Waals surface area contributed by atoms with Crippen LogP contribution in [0.2, 0.25) is 0 Å². The molecule has 1 unspecified atom stereocenters. The van der Waals surface area contributed by atoms with Gasteiger partial charge in [-0.05, 0) is 58.2 Å². The predicted molar refractivity (Wildman–Crippen MR) is 117 cm³/mol. The maximum absolute atomic E-state index is 15.2. The number of carbonyl (C=O) groups excluding carboxylic acids is 3. The third kappa shape index (κ3) is 6.67. The summed E-state index contributed by atoms with van der Waals surface area (Å²) in [6, 6.07) is 7.78. The minimum Gasteiger partial charge on any atom is -0.460 e. The monoisotopic (exact) mass is 433 g/mol. The van der Waals surface area contributed by atoms with Crippen LogP contribution < -0.4 is 15.5 Å². The number of anilines is 2. The molecule has 0 radical (unpaired) electrons. The Morgan fingerprint density at radius 1 is 1.29 bits per heavy atom. The quantitative estimate of drug-likeness (QED) is 0.529. The molecule has 0 aromatic heterocycles. The van der Waals surface area contributed by atoms with E-state index in [9.17, 15) is 14.4 Å². The Bertz CT molecular complexity index is 828. The summed E-state index contributed by atoms with van der Waals surface area (Å²) in [7, 11) is 0. The van der Waals surface area contributed by atoms with Crippen LogP contribution in [-0.4, -0.2) is 48.7 Å². The van der Waals surface area contributed by atoms with Crippen LogP contribution in [0.5, 0.6) is 0 Å². The van der Waals surface area contributed by atoms with Gasteiger partial charge in [0, 0.05) is 37.4 Å². The molecule has 1 atom stereocenters. The van der Waals surface area contributed by atoms with Crippen LogP contribution in [0.1, 0.15) is 52.9 Å². The molecule has 2 aliphatic rings. The standard InChI is InChI=1S/C23H32FN3O4/c1-22(2,3)31-20(29)14-23(24)9-11-27(12-10-23)18-6-4-5-17(13-18)25-15-16-7-8-19(28)26-21(16)30/h4-6,13,16,25H,7-12,14-15H2,1-3H3,(H,26,28,30). The lowest BCUT2D eigenvalue weighted by atomic mass is 9.89. The van der Waals surface area contributed by atoms with Crippen molar-refractivity contribution in [2.45, 2.75) is 64.1 Å². The van der Waals surface area contributed by atoms with Gasteiger partial charge in [-0.1, -0.05) is 6.07 Å². The highest BCUT2D eigenvalue weighted by atomic mass is 19.1. The fourth-order valence-electron chi connectivity index (χ4n) is 3.97. The highest BCUT2D eigenvalue weighted by Gasteiger charge is 2.38. The smallest absolute Gasteiger partial charge is 0.309 e. The fraction of sp³-hybridized carbons (Fsp3) is 0.609. The second-order valence-electron chi connectivity index (χ2n) is 9.48. The number of benzene rings is 1. The molecule has 0 aliphatic carbocycles. The van der Waals surface area contributed by atoms with Crippen LogP contribution in [0.15, 0.2) is 24.3 Å². The van der Waals surface area contributed by atoms with Crippen molar-refractivity contribution in [2.75, 3.05) is 29.9 Å². The number of imide groups is 1. The average molecular weight is 434 g/mol. The van der Waals surface area contributed by atoms with E-state index in [4.69, 9.17) is 4.74 Å². The van der Waals surface area contributed by atoms with Crippen molar-refractivity contribution in [1.82, 2.24) is 5.32 Å². The number of halogens is 1. The first-order valence-electron chi connectivity index (χ1n) is 10.9. The molecule has 0 bridgehead atoms. The number of ether oxygens (including phenoxy) is 1. The first kappa shape index (κ1) is 23.0. The van der Waals surface area contributed by atoms with Gasteiger partial charge in [0.15, 0.2) is 0 Å². The lowest BCUT2D eigenvalue weighted by Gasteiger charge is -2.37. The highest BCUT2D eigenvalue weighted by Crippen LogP contribution is 2.33. The van der Waals surface area contributed by atoms with Crippen LogP contribution >= 0.6 is 0 Å². The predicted octanol–water partition coefficient (Wildman–Crippen LogP) is 3.19. The molecule has 0 spiro atoms. The molecule has 2 heterocycles. The minimum absolute atomic E-state index is 0.217. The molecule has 2 amide bonds. The molecule has 2 N–H and O–H groups in total. The van der Waals surface area contributed by atoms with Gasteiger partial charge < -0.3 is 15.0 Å². The second-order valence-corrected chi connectivity index (χ2v) is 9.48. The van der Waals surface area contributed by atoms with Crippen LogP contribution in [0.25, 0.3) is 0 Å². The van der Waals surface area contributed by atoms with Gasteiger partial charge in [-0.3, -0.25) is 19.7 Å². The number of rotatable bonds is 6. The molecule has 31 heavy (non-hydrogen) atoms. The van der Waals surface area contributed by atoms with Crippen LogP contribution in [0, 0.1) is 5.92 Å². The van der Waals surface area contributed by atoms with E-state index in [2.05, 4.69) is 15.5 Å². The third-order valence-electron chi connectivity index (χ3n) is 5.66. The molecular formula is C23H32FN3O4. The molecule has 2 fully saturated rings. The third-order valence-corrected chi connectivity index (χ3v) is 5.66. The number of alkyl halides is 1. The summed E-state index contributed by atoms with van der Waals surface area (Å²) in [6.45, 7) is 6.80. The summed E-state index contributed by atoms with van der Waals surface area (Å²) in [5, 5.41) is 5.64. The normalized spacial score (nSPS) is 21.4. The van der Waals surface area contributed by atoms with Crippen LogP contribution in [0.3, 0.4) is 0 Å². The molecular weight excluding hydrogens is 401 g/mol. The van der Waals surface area contributed by atoms with E-state index in [1.807, 2.05) is 24.3 Å². The Kier molecular flexibility index (Phi) is 6.86. The zero-order valence-corrected chi connectivity index (χ0v) is 18.5. The Morgan fingerprint density at radius 3 is 2.65 bits per heavy atom. The molecule has 0 saturated carbocycles. The van der Waals surface area contributed by atoms with E-state index in [1.165, 1.54) is 0 Å². The number of piperidine rings is 2. The van der Waals surface area contributed by atoms with Crippen molar-refractivity contribution in [1.29, 1.82) is 0 Å². The average Bonchev–Trinajstić information content (AvgIpc) is 2.66. The summed E-state index contributed by atoms with van der Waals surface area (Å²) in [6.07, 6.45) is 1.21. The van der Waals surface area contributed by atoms with Gasteiger partial charge in [0.2, 0.25) is 11.8 Å². The fourth-order valence-corrected chi connectivity index (χ4v) is 3.97. The number of esters is 1. The highest BCUT2D eigenvalue weighted by molar-refractivity contribution is 5.98. The maximum atomic E-state index is 15.2. The van der Waals surface area contributed by atoms with Crippen molar-refractivity contribution in [3.63, 3.8) is 0 Å². The topological polar surface area (TPSA) is 87.7 Å². The zero-order chi connectivity index (χ0) is 22.6. The largest absolute Gasteiger partial charge is 0.460 e. The van der Waals surface area contributed by atoms with Crippen molar-refractivity contribution in [2.24, 2.45) is 5.92 Å². The molecule has 2 aliphatic heterocycles. The van der Waals surface area contributed by atoms with E-state index in [1.54, 1.807) is 20.8 Å². The van der Waals surface area contributed by atoms with Crippen LogP contribution in [0.4, 0.5) is 15.8 Å². The molecule has 8 heteroatoms. The van der Waals surface area contributed by atoms with Crippen molar-refractivity contribution < 1.29 is 23.5 Å². The van der Waals surface area contributed by atoms with E-state index >= 15 is 4.39 Å². The molecule has 2 saturated heterocycles. The molecule has 7 nitrogen and oxygen atoms in total. The minimum atomic E-state index is -1.54. The summed E-state index contributed by atoms with van der Waals surface area (Å²) < 4.78 is 20.4. The molecule has 3 rings (SSSR count). The number of hydrogen-bond acceptors (Lipinski definition) is 6. The van der Waals surface area contributed by atoms with Gasteiger partial charge in [0.25, 0.3) is 0 Å². The number of carbonyl (C=O) groups is 3. The molecule has 170 valence electrons. The van der Waals surface area contributed by atoms with E-state index in [-0.39, 0.29) is 37.0 Å². The second kappa shape index (κ2) is 9.24. The number of nitrogens with zero attached hydrogens (tertiary/aromatic N) is 1. The van der Waals surface area contributed by atoms with Gasteiger partial charge in [0.1, 0.15) is 11.3 Å². The van der Waals surface area contributed by atoms with Crippen molar-refractivity contribution in [3.8, 4) is 0 Å². The number of hydrogen-bond donors (Lipinski definition) is 2. The first-order chi connectivity index (χ1) is 14.5. The maximum Gasteiger partial charge on any atom is 0.309 e. The van der Waals surface area contributed by atoms with Gasteiger partial charge in [-0.25, -0.2) is 4.39 Å². The molecule has 1 aromatic carbocycles. The summed E-state index contributed by atoms with van der Waals surface area (Å²) in [5.41, 5.74) is -0.323. The van der Waals surface area contributed by atoms with E-state index in [0.29, 0.717) is 32.5 Å². The Balaban J connectivity index is 1.52. The summed E-state index contributed by atoms with van der Waals surface area (Å²) >= 11 is 0. The number of nitrogens with one attached hydrogen (secondary N) is 2. The summed E-state index contributed by atoms with van der Waals surface area (Å²) in [5.74, 6) is -1.19. The van der Waals surface area contributed by atoms with E-state index in [0.717, 1.165) is 11.4 Å². The van der Waals surface area contributed by atoms with Gasteiger partial charge in [0.05, 0.1) is 12.3 Å². The summed E-state index contributed by atoms with van der Waals surface area (Å²) in [4.78, 5) is 37.3. The van der Waals surface area contributed by atoms with Gasteiger partial charge >= 0.3 is 5.97 Å². The van der Waals surface area contributed by atoms with Gasteiger partial charge in [-0.2, -0.15) is 0 Å². The number of amides is 2. The van der Waals surface area contributed by atoms with Crippen LogP contribution in [-0.2, 0) is 19.1 Å². The zero-order valence-electron chi connectivity index (χ0n) is 18.5. The molecule has 1 aromatic rings. The van der Waals surface area contributed by atoms with E-state index < -0.39 is 17.2 Å². The first-order valence-corrected chi connectivity index (χ1v) is 10.9. The lowest BCUT2D eigenvalue weighted by molar-refractivity contribution is -0.158. The Labute approximate surface area is 182 Å². The Hall–Kier alpha value is -2.64. The van der Waals surface area contributed by atoms with Crippen molar-refractivity contribution in [3.05, 3.63) is 24.3 Å². The Morgan fingerprint density at radius 2 is 2.00 bits per heavy atom.